The van der Waals surface area contributed by atoms with Gasteiger partial charge in [0.25, 0.3) is 0 Å². The molecule has 0 saturated heterocycles. The van der Waals surface area contributed by atoms with E-state index in [-0.39, 0.29) is 6.04 Å². The number of nitrogens with two attached hydrogens (primary N) is 1. The molecular weight excluding hydrogens is 252 g/mol. The van der Waals surface area contributed by atoms with Crippen LogP contribution >= 0.6 is 11.3 Å². The Hall–Kier alpha value is -1.19. The molecule has 0 aliphatic carbocycles. The highest BCUT2D eigenvalue weighted by atomic mass is 32.1. The van der Waals surface area contributed by atoms with Gasteiger partial charge in [-0.1, -0.05) is 44.2 Å². The number of aromatic nitrogens is 1. The number of rotatable bonds is 5. The monoisotopic (exact) mass is 274 g/mol. The normalized spacial score (nSPS) is 12.9. The summed E-state index contributed by atoms with van der Waals surface area (Å²) in [5.74, 6) is 0.447. The molecular formula is C16H22N2S. The summed E-state index contributed by atoms with van der Waals surface area (Å²) < 4.78 is 0. The molecule has 2 rings (SSSR count). The lowest BCUT2D eigenvalue weighted by Crippen LogP contribution is -2.06. The van der Waals surface area contributed by atoms with Crippen LogP contribution in [0.5, 0.6) is 0 Å². The van der Waals surface area contributed by atoms with E-state index in [4.69, 9.17) is 10.7 Å². The zero-order valence-electron chi connectivity index (χ0n) is 11.9. The molecule has 2 N–H and O–H groups in total. The van der Waals surface area contributed by atoms with E-state index < -0.39 is 0 Å². The first-order valence-corrected chi connectivity index (χ1v) is 7.68. The molecule has 1 aromatic heterocycles. The van der Waals surface area contributed by atoms with Crippen molar-refractivity contribution in [2.24, 2.45) is 5.73 Å². The van der Waals surface area contributed by atoms with Gasteiger partial charge in [0.1, 0.15) is 0 Å². The van der Waals surface area contributed by atoms with Gasteiger partial charge in [-0.25, -0.2) is 4.98 Å². The largest absolute Gasteiger partial charge is 0.323 e. The Labute approximate surface area is 119 Å². The number of benzene rings is 1. The Morgan fingerprint density at radius 1 is 1.11 bits per heavy atom. The summed E-state index contributed by atoms with van der Waals surface area (Å²) in [5.41, 5.74) is 8.59. The molecule has 1 aromatic carbocycles. The molecule has 1 unspecified atom stereocenters. The highest BCUT2D eigenvalue weighted by Gasteiger charge is 2.16. The van der Waals surface area contributed by atoms with Gasteiger partial charge in [0.05, 0.1) is 10.7 Å². The van der Waals surface area contributed by atoms with E-state index >= 15 is 0 Å². The topological polar surface area (TPSA) is 38.9 Å². The Bertz CT molecular complexity index is 489. The van der Waals surface area contributed by atoms with Crippen molar-refractivity contribution in [3.8, 4) is 0 Å². The van der Waals surface area contributed by atoms with Crippen LogP contribution in [-0.4, -0.2) is 4.98 Å². The quantitative estimate of drug-likeness (QED) is 0.892. The Morgan fingerprint density at radius 3 is 2.32 bits per heavy atom. The predicted molar refractivity (Wildman–Crippen MR) is 82.7 cm³/mol. The van der Waals surface area contributed by atoms with Crippen molar-refractivity contribution in [1.82, 2.24) is 4.98 Å². The van der Waals surface area contributed by atoms with Crippen LogP contribution in [-0.2, 0) is 12.8 Å². The number of nitrogens with zero attached hydrogens (tertiary/aromatic N) is 1. The van der Waals surface area contributed by atoms with Gasteiger partial charge in [-0.2, -0.15) is 0 Å². The number of hydrogen-bond donors (Lipinski definition) is 1. The minimum absolute atomic E-state index is 0.0837. The van der Waals surface area contributed by atoms with E-state index in [0.717, 1.165) is 12.8 Å². The molecule has 102 valence electrons. The lowest BCUT2D eigenvalue weighted by Gasteiger charge is -2.07. The van der Waals surface area contributed by atoms with Crippen LogP contribution < -0.4 is 5.73 Å². The number of aryl methyl sites for hydroxylation is 2. The molecule has 0 aliphatic heterocycles. The van der Waals surface area contributed by atoms with E-state index in [0.29, 0.717) is 5.92 Å². The zero-order chi connectivity index (χ0) is 13.8. The maximum Gasteiger partial charge on any atom is 0.0935 e. The van der Waals surface area contributed by atoms with Crippen LogP contribution in [0.25, 0.3) is 0 Å². The van der Waals surface area contributed by atoms with Crippen LogP contribution in [0.3, 0.4) is 0 Å². The van der Waals surface area contributed by atoms with Crippen LogP contribution in [0, 0.1) is 0 Å². The van der Waals surface area contributed by atoms with Crippen LogP contribution in [0.2, 0.25) is 0 Å². The average Bonchev–Trinajstić information content (AvgIpc) is 2.82. The Balaban J connectivity index is 2.11. The highest BCUT2D eigenvalue weighted by molar-refractivity contribution is 7.11. The molecule has 2 nitrogen and oxygen atoms in total. The minimum Gasteiger partial charge on any atom is -0.323 e. The van der Waals surface area contributed by atoms with Gasteiger partial charge >= 0.3 is 0 Å². The van der Waals surface area contributed by atoms with Gasteiger partial charge in [0.15, 0.2) is 0 Å². The molecule has 19 heavy (non-hydrogen) atoms. The lowest BCUT2D eigenvalue weighted by atomic mass is 10.1. The molecule has 2 aromatic rings. The van der Waals surface area contributed by atoms with Crippen molar-refractivity contribution in [1.29, 1.82) is 0 Å². The number of hydrogen-bond acceptors (Lipinski definition) is 3. The van der Waals surface area contributed by atoms with E-state index in [1.165, 1.54) is 21.1 Å². The van der Waals surface area contributed by atoms with Gasteiger partial charge < -0.3 is 5.73 Å². The second-order valence-electron chi connectivity index (χ2n) is 5.29. The number of thiazole rings is 1. The van der Waals surface area contributed by atoms with Crippen molar-refractivity contribution < 1.29 is 0 Å². The Kier molecular flexibility index (Phi) is 4.72. The fraction of sp³-hybridized carbons (Fsp3) is 0.438. The zero-order valence-corrected chi connectivity index (χ0v) is 12.7. The van der Waals surface area contributed by atoms with Crippen molar-refractivity contribution in [3.05, 3.63) is 51.5 Å². The van der Waals surface area contributed by atoms with E-state index in [1.807, 2.05) is 6.92 Å². The van der Waals surface area contributed by atoms with Gasteiger partial charge in [0, 0.05) is 17.3 Å². The minimum atomic E-state index is 0.0837. The molecule has 0 fully saturated rings. The van der Waals surface area contributed by atoms with Crippen LogP contribution in [0.15, 0.2) is 30.3 Å². The van der Waals surface area contributed by atoms with Crippen molar-refractivity contribution >= 4 is 11.3 Å². The summed E-state index contributed by atoms with van der Waals surface area (Å²) in [6, 6.07) is 10.7. The molecule has 0 amide bonds. The second kappa shape index (κ2) is 6.31. The van der Waals surface area contributed by atoms with Crippen LogP contribution in [0.4, 0.5) is 0 Å². The predicted octanol–water partition coefficient (Wildman–Crippen LogP) is 4.07. The fourth-order valence-electron chi connectivity index (χ4n) is 2.13. The van der Waals surface area contributed by atoms with E-state index in [9.17, 15) is 0 Å². The average molecular weight is 274 g/mol. The standard InChI is InChI=1S/C16H22N2S/c1-11(2)15-16(12(3)17)19-14(18-15)10-9-13-7-5-4-6-8-13/h4-8,11-12H,9-10,17H2,1-3H3. The van der Waals surface area contributed by atoms with Crippen LogP contribution in [0.1, 0.15) is 53.9 Å². The first-order valence-electron chi connectivity index (χ1n) is 6.87. The second-order valence-corrected chi connectivity index (χ2v) is 6.40. The molecule has 0 spiro atoms. The van der Waals surface area contributed by atoms with Crippen molar-refractivity contribution in [3.63, 3.8) is 0 Å². The molecule has 0 radical (unpaired) electrons. The van der Waals surface area contributed by atoms with Gasteiger partial charge in [-0.05, 0) is 24.8 Å². The molecule has 0 saturated carbocycles. The summed E-state index contributed by atoms with van der Waals surface area (Å²) in [6.45, 7) is 6.41. The van der Waals surface area contributed by atoms with E-state index in [2.05, 4.69) is 44.2 Å². The summed E-state index contributed by atoms with van der Waals surface area (Å²) in [7, 11) is 0. The highest BCUT2D eigenvalue weighted by Crippen LogP contribution is 2.29. The summed E-state index contributed by atoms with van der Waals surface area (Å²) >= 11 is 1.78. The maximum absolute atomic E-state index is 6.04. The summed E-state index contributed by atoms with van der Waals surface area (Å²) in [4.78, 5) is 6.03. The van der Waals surface area contributed by atoms with Gasteiger partial charge in [0.2, 0.25) is 0 Å². The Morgan fingerprint density at radius 2 is 1.79 bits per heavy atom. The third-order valence-electron chi connectivity index (χ3n) is 3.16. The molecule has 0 bridgehead atoms. The fourth-order valence-corrected chi connectivity index (χ4v) is 3.31. The third kappa shape index (κ3) is 3.64. The first-order chi connectivity index (χ1) is 9.08. The SMILES string of the molecule is CC(C)c1nc(CCc2ccccc2)sc1C(C)N. The van der Waals surface area contributed by atoms with Crippen molar-refractivity contribution in [2.75, 3.05) is 0 Å². The first kappa shape index (κ1) is 14.2. The molecule has 0 aliphatic rings. The molecule has 1 heterocycles. The van der Waals surface area contributed by atoms with Gasteiger partial charge in [-0.15, -0.1) is 11.3 Å². The van der Waals surface area contributed by atoms with Gasteiger partial charge in [-0.3, -0.25) is 0 Å². The third-order valence-corrected chi connectivity index (χ3v) is 4.49. The lowest BCUT2D eigenvalue weighted by molar-refractivity contribution is 0.757. The molecule has 3 heteroatoms. The smallest absolute Gasteiger partial charge is 0.0935 e. The van der Waals surface area contributed by atoms with Crippen molar-refractivity contribution in [2.45, 2.75) is 45.6 Å². The molecule has 1 atom stereocenters. The summed E-state index contributed by atoms with van der Waals surface area (Å²) in [5, 5.41) is 1.21. The maximum atomic E-state index is 6.04. The van der Waals surface area contributed by atoms with E-state index in [1.54, 1.807) is 11.3 Å². The summed E-state index contributed by atoms with van der Waals surface area (Å²) in [6.07, 6.45) is 2.05.